The fraction of sp³-hybridized carbons (Fsp3) is 0.500. The fourth-order valence-electron chi connectivity index (χ4n) is 2.56. The van der Waals surface area contributed by atoms with E-state index >= 15 is 0 Å². The molecule has 104 valence electrons. The lowest BCUT2D eigenvalue weighted by atomic mass is 10.0. The first-order valence-electron chi connectivity index (χ1n) is 6.51. The minimum atomic E-state index is -0.828. The molecule has 5 heteroatoms. The van der Waals surface area contributed by atoms with Gasteiger partial charge >= 0.3 is 5.97 Å². The minimum Gasteiger partial charge on any atom is -0.480 e. The van der Waals surface area contributed by atoms with Crippen LogP contribution in [0.25, 0.3) is 0 Å². The Hall–Kier alpha value is -0.580. The summed E-state index contributed by atoms with van der Waals surface area (Å²) in [5.41, 5.74) is 0.680. The van der Waals surface area contributed by atoms with Crippen LogP contribution < -0.4 is 0 Å². The minimum absolute atomic E-state index is 0.506. The van der Waals surface area contributed by atoms with Crippen LogP contribution in [0, 0.1) is 0 Å². The third-order valence-corrected chi connectivity index (χ3v) is 4.32. The lowest BCUT2D eigenvalue weighted by molar-refractivity contribution is -0.143. The second kappa shape index (κ2) is 6.73. The van der Waals surface area contributed by atoms with Crippen molar-refractivity contribution in [2.75, 3.05) is 13.1 Å². The molecule has 0 radical (unpaired) electrons. The van der Waals surface area contributed by atoms with Crippen LogP contribution in [-0.2, 0) is 4.79 Å². The normalized spacial score (nSPS) is 18.8. The van der Waals surface area contributed by atoms with E-state index in [1.807, 2.05) is 11.0 Å². The van der Waals surface area contributed by atoms with Gasteiger partial charge in [0.1, 0.15) is 6.04 Å². The summed E-state index contributed by atoms with van der Waals surface area (Å²) in [5, 5.41) is 10.1. The van der Waals surface area contributed by atoms with Crippen LogP contribution in [0.3, 0.4) is 0 Å². The molecule has 1 aromatic carbocycles. The fourth-order valence-corrected chi connectivity index (χ4v) is 3.34. The van der Waals surface area contributed by atoms with Gasteiger partial charge in [-0.2, -0.15) is 0 Å². The van der Waals surface area contributed by atoms with Crippen molar-refractivity contribution in [1.29, 1.82) is 0 Å². The molecule has 0 aromatic heterocycles. The van der Waals surface area contributed by atoms with Crippen LogP contribution in [-0.4, -0.2) is 29.1 Å². The van der Waals surface area contributed by atoms with E-state index in [2.05, 4.69) is 15.9 Å². The number of hydrogen-bond donors (Lipinski definition) is 1. The van der Waals surface area contributed by atoms with Crippen LogP contribution in [0.1, 0.15) is 37.3 Å². The van der Waals surface area contributed by atoms with E-state index in [0.717, 1.165) is 30.4 Å². The number of halogens is 2. The third-order valence-electron chi connectivity index (χ3n) is 3.50. The molecule has 1 saturated heterocycles. The molecule has 1 aliphatic rings. The molecule has 2 rings (SSSR count). The maximum Gasteiger partial charge on any atom is 0.325 e. The average molecular weight is 347 g/mol. The Morgan fingerprint density at radius 2 is 1.89 bits per heavy atom. The maximum atomic E-state index is 11.6. The van der Waals surface area contributed by atoms with Crippen LogP contribution >= 0.6 is 27.5 Å². The maximum absolute atomic E-state index is 11.6. The van der Waals surface area contributed by atoms with Crippen molar-refractivity contribution >= 4 is 33.5 Å². The van der Waals surface area contributed by atoms with Crippen LogP contribution in [0.4, 0.5) is 0 Å². The van der Waals surface area contributed by atoms with Gasteiger partial charge in [0.2, 0.25) is 0 Å². The highest BCUT2D eigenvalue weighted by atomic mass is 79.9. The molecule has 1 unspecified atom stereocenters. The van der Waals surface area contributed by atoms with E-state index in [4.69, 9.17) is 11.6 Å². The molecule has 1 N–H and O–H groups in total. The molecule has 1 aromatic rings. The van der Waals surface area contributed by atoms with Gasteiger partial charge in [-0.25, -0.2) is 0 Å². The SMILES string of the molecule is O=C(O)C(c1ccc(Br)cc1Cl)N1CCCCCC1. The summed E-state index contributed by atoms with van der Waals surface area (Å²) < 4.78 is 0.862. The summed E-state index contributed by atoms with van der Waals surface area (Å²) in [7, 11) is 0. The van der Waals surface area contributed by atoms with E-state index in [0.29, 0.717) is 10.6 Å². The summed E-state index contributed by atoms with van der Waals surface area (Å²) >= 11 is 9.55. The number of likely N-dealkylation sites (tertiary alicyclic amines) is 1. The highest BCUT2D eigenvalue weighted by molar-refractivity contribution is 9.10. The topological polar surface area (TPSA) is 40.5 Å². The number of rotatable bonds is 3. The molecule has 0 saturated carbocycles. The summed E-state index contributed by atoms with van der Waals surface area (Å²) in [6.07, 6.45) is 4.46. The highest BCUT2D eigenvalue weighted by Gasteiger charge is 2.29. The Morgan fingerprint density at radius 1 is 1.26 bits per heavy atom. The molecule has 0 bridgehead atoms. The van der Waals surface area contributed by atoms with Gasteiger partial charge in [0.25, 0.3) is 0 Å². The van der Waals surface area contributed by atoms with Crippen molar-refractivity contribution < 1.29 is 9.90 Å². The Kier molecular flexibility index (Phi) is 5.25. The second-order valence-electron chi connectivity index (χ2n) is 4.86. The van der Waals surface area contributed by atoms with Crippen molar-refractivity contribution in [3.63, 3.8) is 0 Å². The van der Waals surface area contributed by atoms with Crippen molar-refractivity contribution in [2.24, 2.45) is 0 Å². The predicted octanol–water partition coefficient (Wildman–Crippen LogP) is 4.10. The van der Waals surface area contributed by atoms with Crippen molar-refractivity contribution in [3.05, 3.63) is 33.3 Å². The quantitative estimate of drug-likeness (QED) is 0.895. The molecule has 1 atom stereocenters. The smallest absolute Gasteiger partial charge is 0.325 e. The number of hydrogen-bond acceptors (Lipinski definition) is 2. The third kappa shape index (κ3) is 3.71. The van der Waals surface area contributed by atoms with Crippen molar-refractivity contribution in [3.8, 4) is 0 Å². The predicted molar refractivity (Wildman–Crippen MR) is 79.6 cm³/mol. The van der Waals surface area contributed by atoms with Gasteiger partial charge in [-0.15, -0.1) is 0 Å². The Morgan fingerprint density at radius 3 is 2.42 bits per heavy atom. The van der Waals surface area contributed by atoms with E-state index in [9.17, 15) is 9.90 Å². The van der Waals surface area contributed by atoms with Gasteiger partial charge in [0.05, 0.1) is 0 Å². The first-order valence-corrected chi connectivity index (χ1v) is 7.68. The van der Waals surface area contributed by atoms with E-state index in [1.54, 1.807) is 12.1 Å². The molecule has 1 heterocycles. The zero-order chi connectivity index (χ0) is 13.8. The summed E-state index contributed by atoms with van der Waals surface area (Å²) in [5.74, 6) is -0.828. The Balaban J connectivity index is 2.30. The molecule has 1 aliphatic heterocycles. The molecule has 0 aliphatic carbocycles. The zero-order valence-electron chi connectivity index (χ0n) is 10.6. The zero-order valence-corrected chi connectivity index (χ0v) is 13.0. The number of carboxylic acid groups (broad SMARTS) is 1. The highest BCUT2D eigenvalue weighted by Crippen LogP contribution is 2.31. The largest absolute Gasteiger partial charge is 0.480 e. The molecular weight excluding hydrogens is 330 g/mol. The van der Waals surface area contributed by atoms with Gasteiger partial charge in [-0.1, -0.05) is 46.4 Å². The lowest BCUT2D eigenvalue weighted by Gasteiger charge is -2.28. The Bertz CT molecular complexity index is 459. The monoisotopic (exact) mass is 345 g/mol. The molecule has 0 amide bonds. The van der Waals surface area contributed by atoms with Gasteiger partial charge in [0, 0.05) is 9.50 Å². The number of carbonyl (C=O) groups is 1. The van der Waals surface area contributed by atoms with Gasteiger partial charge in [0.15, 0.2) is 0 Å². The van der Waals surface area contributed by atoms with E-state index in [1.165, 1.54) is 12.8 Å². The first kappa shape index (κ1) is 14.8. The van der Waals surface area contributed by atoms with Gasteiger partial charge < -0.3 is 5.11 Å². The second-order valence-corrected chi connectivity index (χ2v) is 6.18. The van der Waals surface area contributed by atoms with Crippen LogP contribution in [0.15, 0.2) is 22.7 Å². The molecule has 1 fully saturated rings. The standard InChI is InChI=1S/C14H17BrClNO2/c15-10-5-6-11(12(16)9-10)13(14(18)19)17-7-3-1-2-4-8-17/h5-6,9,13H,1-4,7-8H2,(H,18,19). The first-order chi connectivity index (χ1) is 9.09. The Labute approximate surface area is 126 Å². The van der Waals surface area contributed by atoms with Crippen molar-refractivity contribution in [2.45, 2.75) is 31.7 Å². The summed E-state index contributed by atoms with van der Waals surface area (Å²) in [6, 6.07) is 4.76. The number of nitrogens with zero attached hydrogens (tertiary/aromatic N) is 1. The summed E-state index contributed by atoms with van der Waals surface area (Å²) in [4.78, 5) is 13.7. The van der Waals surface area contributed by atoms with Gasteiger partial charge in [-0.3, -0.25) is 9.69 Å². The lowest BCUT2D eigenvalue weighted by Crippen LogP contribution is -2.35. The van der Waals surface area contributed by atoms with Gasteiger partial charge in [-0.05, 0) is 43.6 Å². The van der Waals surface area contributed by atoms with Crippen LogP contribution in [0.2, 0.25) is 5.02 Å². The number of carboxylic acids is 1. The number of aliphatic carboxylic acids is 1. The summed E-state index contributed by atoms with van der Waals surface area (Å²) in [6.45, 7) is 1.65. The number of benzene rings is 1. The molecule has 0 spiro atoms. The average Bonchev–Trinajstić information content (AvgIpc) is 2.61. The van der Waals surface area contributed by atoms with Crippen LogP contribution in [0.5, 0.6) is 0 Å². The van der Waals surface area contributed by atoms with E-state index < -0.39 is 12.0 Å². The van der Waals surface area contributed by atoms with Crippen molar-refractivity contribution in [1.82, 2.24) is 4.90 Å². The molecule has 3 nitrogen and oxygen atoms in total. The molecule has 19 heavy (non-hydrogen) atoms. The molecular formula is C14H17BrClNO2. The van der Waals surface area contributed by atoms with E-state index in [-0.39, 0.29) is 0 Å².